The van der Waals surface area contributed by atoms with Crippen LogP contribution in [0.5, 0.6) is 0 Å². The van der Waals surface area contributed by atoms with Crippen molar-refractivity contribution in [3.05, 3.63) is 88.9 Å². The molecule has 2 heteroatoms. The number of aromatic nitrogens is 1. The fourth-order valence-corrected chi connectivity index (χ4v) is 2.46. The van der Waals surface area contributed by atoms with Crippen molar-refractivity contribution >= 4 is 5.71 Å². The largest absolute Gasteiger partial charge is 0.264 e. The predicted molar refractivity (Wildman–Crippen MR) is 103 cm³/mol. The van der Waals surface area contributed by atoms with Gasteiger partial charge in [-0.3, -0.25) is 9.98 Å². The van der Waals surface area contributed by atoms with Gasteiger partial charge in [0.1, 0.15) is 0 Å². The Morgan fingerprint density at radius 2 is 1.62 bits per heavy atom. The van der Waals surface area contributed by atoms with Crippen molar-refractivity contribution in [3.8, 4) is 0 Å². The summed E-state index contributed by atoms with van der Waals surface area (Å²) in [6.07, 6.45) is 5.84. The number of hydrogen-bond donors (Lipinski definition) is 0. The zero-order chi connectivity index (χ0) is 17.5. The standard InChI is InChI=1S/C22H26N2/c1-16(2)17(3)18(4)24-19(5)22-13-21(14-23-15-22)12-11-20-9-7-6-8-10-20/h6-10,13-15H,1,11-12H2,2-5H3/b18-17+,24-19+. The van der Waals surface area contributed by atoms with E-state index in [9.17, 15) is 0 Å². The molecule has 0 fully saturated rings. The average Bonchev–Trinajstić information content (AvgIpc) is 2.60. The van der Waals surface area contributed by atoms with Crippen molar-refractivity contribution in [3.63, 3.8) is 0 Å². The van der Waals surface area contributed by atoms with E-state index in [4.69, 9.17) is 4.99 Å². The van der Waals surface area contributed by atoms with Crippen LogP contribution in [0.3, 0.4) is 0 Å². The maximum Gasteiger partial charge on any atom is 0.0463 e. The highest BCUT2D eigenvalue weighted by Crippen LogP contribution is 2.15. The predicted octanol–water partition coefficient (Wildman–Crippen LogP) is 5.55. The van der Waals surface area contributed by atoms with E-state index in [0.29, 0.717) is 0 Å². The molecular formula is C22H26N2. The maximum absolute atomic E-state index is 4.72. The van der Waals surface area contributed by atoms with Crippen LogP contribution in [0.25, 0.3) is 0 Å². The van der Waals surface area contributed by atoms with Crippen LogP contribution >= 0.6 is 0 Å². The van der Waals surface area contributed by atoms with Gasteiger partial charge >= 0.3 is 0 Å². The Balaban J connectivity index is 2.15. The highest BCUT2D eigenvalue weighted by atomic mass is 14.8. The minimum absolute atomic E-state index is 0.984. The van der Waals surface area contributed by atoms with Gasteiger partial charge in [-0.15, -0.1) is 0 Å². The fourth-order valence-electron chi connectivity index (χ4n) is 2.46. The Labute approximate surface area is 145 Å². The van der Waals surface area contributed by atoms with Crippen LogP contribution in [-0.2, 0) is 12.8 Å². The van der Waals surface area contributed by atoms with E-state index in [1.165, 1.54) is 11.1 Å². The van der Waals surface area contributed by atoms with Gasteiger partial charge in [0.25, 0.3) is 0 Å². The molecule has 1 aromatic heterocycles. The molecule has 0 amide bonds. The topological polar surface area (TPSA) is 25.2 Å². The number of benzene rings is 1. The van der Waals surface area contributed by atoms with E-state index in [0.717, 1.165) is 41.0 Å². The molecule has 0 bridgehead atoms. The molecule has 0 saturated carbocycles. The van der Waals surface area contributed by atoms with Crippen LogP contribution in [0, 0.1) is 0 Å². The van der Waals surface area contributed by atoms with Crippen LogP contribution in [0.15, 0.2) is 77.2 Å². The van der Waals surface area contributed by atoms with E-state index in [1.54, 1.807) is 0 Å². The van der Waals surface area contributed by atoms with Crippen molar-refractivity contribution in [2.24, 2.45) is 4.99 Å². The van der Waals surface area contributed by atoms with E-state index >= 15 is 0 Å². The van der Waals surface area contributed by atoms with Crippen molar-refractivity contribution < 1.29 is 0 Å². The lowest BCUT2D eigenvalue weighted by Crippen LogP contribution is -2.00. The van der Waals surface area contributed by atoms with E-state index < -0.39 is 0 Å². The van der Waals surface area contributed by atoms with Gasteiger partial charge in [0.05, 0.1) is 0 Å². The molecular weight excluding hydrogens is 292 g/mol. The van der Waals surface area contributed by atoms with Crippen molar-refractivity contribution in [1.29, 1.82) is 0 Å². The molecule has 0 radical (unpaired) electrons. The molecule has 2 aromatic rings. The summed E-state index contributed by atoms with van der Waals surface area (Å²) in [7, 11) is 0. The Kier molecular flexibility index (Phi) is 6.25. The van der Waals surface area contributed by atoms with Crippen LogP contribution in [0.1, 0.15) is 44.4 Å². The summed E-state index contributed by atoms with van der Waals surface area (Å²) in [6.45, 7) is 12.1. The molecule has 0 N–H and O–H groups in total. The summed E-state index contributed by atoms with van der Waals surface area (Å²) in [4.78, 5) is 9.11. The molecule has 0 spiro atoms. The molecule has 0 aliphatic rings. The van der Waals surface area contributed by atoms with Gasteiger partial charge < -0.3 is 0 Å². The first-order valence-electron chi connectivity index (χ1n) is 8.34. The third kappa shape index (κ3) is 5.02. The molecule has 0 aliphatic carbocycles. The Morgan fingerprint density at radius 1 is 0.958 bits per heavy atom. The molecule has 24 heavy (non-hydrogen) atoms. The molecule has 2 nitrogen and oxygen atoms in total. The van der Waals surface area contributed by atoms with Crippen LogP contribution in [0.2, 0.25) is 0 Å². The molecule has 124 valence electrons. The molecule has 1 heterocycles. The quantitative estimate of drug-likeness (QED) is 0.506. The second kappa shape index (κ2) is 8.39. The highest BCUT2D eigenvalue weighted by molar-refractivity contribution is 5.99. The summed E-state index contributed by atoms with van der Waals surface area (Å²) in [5.41, 5.74) is 7.86. The zero-order valence-electron chi connectivity index (χ0n) is 15.1. The Bertz CT molecular complexity index is 768. The number of pyridine rings is 1. The molecule has 0 unspecified atom stereocenters. The number of hydrogen-bond acceptors (Lipinski definition) is 2. The smallest absolute Gasteiger partial charge is 0.0463 e. The second-order valence-electron chi connectivity index (χ2n) is 6.26. The van der Waals surface area contributed by atoms with Crippen LogP contribution in [-0.4, -0.2) is 10.7 Å². The molecule has 0 saturated heterocycles. The summed E-state index contributed by atoms with van der Waals surface area (Å²) < 4.78 is 0. The summed E-state index contributed by atoms with van der Waals surface area (Å²) in [5.74, 6) is 0. The Morgan fingerprint density at radius 3 is 2.29 bits per heavy atom. The fraction of sp³-hybridized carbons (Fsp3) is 0.273. The van der Waals surface area contributed by atoms with E-state index in [2.05, 4.69) is 48.8 Å². The van der Waals surface area contributed by atoms with Gasteiger partial charge in [-0.1, -0.05) is 42.5 Å². The minimum Gasteiger partial charge on any atom is -0.264 e. The number of aryl methyl sites for hydroxylation is 2. The summed E-state index contributed by atoms with van der Waals surface area (Å²) >= 11 is 0. The normalized spacial score (nSPS) is 12.8. The SMILES string of the molecule is C=C(C)/C(C)=C(C)/N=C(\C)c1cncc(CCc2ccccc2)c1. The lowest BCUT2D eigenvalue weighted by Gasteiger charge is -2.07. The lowest BCUT2D eigenvalue weighted by molar-refractivity contribution is 0.949. The number of rotatable bonds is 6. The molecule has 0 aliphatic heterocycles. The lowest BCUT2D eigenvalue weighted by atomic mass is 10.0. The van der Waals surface area contributed by atoms with Gasteiger partial charge in [-0.2, -0.15) is 0 Å². The summed E-state index contributed by atoms with van der Waals surface area (Å²) in [5, 5.41) is 0. The number of aliphatic imine (C=N–C) groups is 1. The van der Waals surface area contributed by atoms with Crippen molar-refractivity contribution in [2.75, 3.05) is 0 Å². The van der Waals surface area contributed by atoms with Crippen LogP contribution < -0.4 is 0 Å². The van der Waals surface area contributed by atoms with Gasteiger partial charge in [0, 0.05) is 29.4 Å². The highest BCUT2D eigenvalue weighted by Gasteiger charge is 2.03. The number of allylic oxidation sites excluding steroid dienone is 3. The van der Waals surface area contributed by atoms with Crippen molar-refractivity contribution in [2.45, 2.75) is 40.5 Å². The van der Waals surface area contributed by atoms with Crippen molar-refractivity contribution in [1.82, 2.24) is 4.98 Å². The zero-order valence-corrected chi connectivity index (χ0v) is 15.1. The average molecular weight is 318 g/mol. The Hall–Kier alpha value is -2.48. The molecule has 0 atom stereocenters. The first-order valence-corrected chi connectivity index (χ1v) is 8.34. The number of nitrogens with zero attached hydrogens (tertiary/aromatic N) is 2. The van der Waals surface area contributed by atoms with E-state index in [1.807, 2.05) is 39.2 Å². The molecule has 1 aromatic carbocycles. The van der Waals surface area contributed by atoms with Gasteiger partial charge in [0.15, 0.2) is 0 Å². The summed E-state index contributed by atoms with van der Waals surface area (Å²) in [6, 6.07) is 12.7. The maximum atomic E-state index is 4.72. The molecule has 2 rings (SSSR count). The van der Waals surface area contributed by atoms with Crippen LogP contribution in [0.4, 0.5) is 0 Å². The van der Waals surface area contributed by atoms with E-state index in [-0.39, 0.29) is 0 Å². The second-order valence-corrected chi connectivity index (χ2v) is 6.26. The van der Waals surface area contributed by atoms with Gasteiger partial charge in [-0.25, -0.2) is 0 Å². The van der Waals surface area contributed by atoms with Gasteiger partial charge in [0.2, 0.25) is 0 Å². The third-order valence-electron chi connectivity index (χ3n) is 4.28. The monoisotopic (exact) mass is 318 g/mol. The first-order chi connectivity index (χ1) is 11.5. The van der Waals surface area contributed by atoms with Gasteiger partial charge in [-0.05, 0) is 63.3 Å². The third-order valence-corrected chi connectivity index (χ3v) is 4.28. The minimum atomic E-state index is 0.984. The first kappa shape index (κ1) is 17.9.